The van der Waals surface area contributed by atoms with Crippen molar-refractivity contribution in [2.75, 3.05) is 31.2 Å². The number of esters is 2. The lowest BCUT2D eigenvalue weighted by atomic mass is 10.1. The van der Waals surface area contributed by atoms with Gasteiger partial charge >= 0.3 is 11.9 Å². The van der Waals surface area contributed by atoms with Crippen molar-refractivity contribution in [1.82, 2.24) is 0 Å². The van der Waals surface area contributed by atoms with E-state index in [9.17, 15) is 19.7 Å². The van der Waals surface area contributed by atoms with Gasteiger partial charge in [0.2, 0.25) is 0 Å². The fraction of sp³-hybridized carbons (Fsp3) is 0.667. The Balaban J connectivity index is 1.63. The first-order chi connectivity index (χ1) is 37.4. The molecule has 0 aliphatic rings. The number of hydrogen-bond acceptors (Lipinski definition) is 9. The number of carbonyl (C=O) groups excluding carboxylic acids is 2. The average molecular weight is 1040 g/mol. The van der Waals surface area contributed by atoms with Crippen LogP contribution >= 0.6 is 0 Å². The van der Waals surface area contributed by atoms with Crippen molar-refractivity contribution in [3.05, 3.63) is 58.6 Å². The lowest BCUT2D eigenvalue weighted by Crippen LogP contribution is -2.32. The topological polar surface area (TPSA) is 124 Å². The van der Waals surface area contributed by atoms with Crippen LogP contribution in [0.25, 0.3) is 0 Å². The number of carbonyl (C=O) groups is 2. The third-order valence-corrected chi connectivity index (χ3v) is 13.5. The maximum atomic E-state index is 12.7. The zero-order valence-electron chi connectivity index (χ0n) is 47.6. The maximum Gasteiger partial charge on any atom is 0.305 e. The highest BCUT2D eigenvalue weighted by molar-refractivity contribution is 5.69. The second-order valence-corrected chi connectivity index (χ2v) is 20.2. The Morgan fingerprint density at radius 2 is 0.724 bits per heavy atom. The van der Waals surface area contributed by atoms with Gasteiger partial charge in [-0.05, 0) is 98.6 Å². The van der Waals surface area contributed by atoms with Gasteiger partial charge in [-0.3, -0.25) is 19.7 Å². The molecule has 2 rings (SSSR count). The van der Waals surface area contributed by atoms with E-state index in [1.54, 1.807) is 12.1 Å². The fourth-order valence-corrected chi connectivity index (χ4v) is 8.75. The van der Waals surface area contributed by atoms with Crippen molar-refractivity contribution in [3.8, 4) is 47.4 Å². The van der Waals surface area contributed by atoms with Gasteiger partial charge < -0.3 is 14.4 Å². The van der Waals surface area contributed by atoms with Crippen molar-refractivity contribution < 1.29 is 24.0 Å². The van der Waals surface area contributed by atoms with Gasteiger partial charge in [-0.25, -0.2) is 0 Å². The highest BCUT2D eigenvalue weighted by Gasteiger charge is 2.12. The number of nitrogens with zero attached hydrogens (tertiary/aromatic N) is 4. The molecule has 0 saturated heterocycles. The van der Waals surface area contributed by atoms with Gasteiger partial charge in [0.15, 0.2) is 0 Å². The Morgan fingerprint density at radius 3 is 1.04 bits per heavy atom. The van der Waals surface area contributed by atoms with Gasteiger partial charge in [-0.1, -0.05) is 204 Å². The molecule has 10 nitrogen and oxygen atoms in total. The smallest absolute Gasteiger partial charge is 0.305 e. The van der Waals surface area contributed by atoms with Gasteiger partial charge in [0, 0.05) is 56.3 Å². The van der Waals surface area contributed by atoms with Crippen LogP contribution in [0, 0.1) is 57.5 Å². The van der Waals surface area contributed by atoms with Crippen molar-refractivity contribution in [2.24, 2.45) is 10.2 Å². The number of anilines is 1. The summed E-state index contributed by atoms with van der Waals surface area (Å²) >= 11 is 0. The summed E-state index contributed by atoms with van der Waals surface area (Å²) in [7, 11) is 0. The summed E-state index contributed by atoms with van der Waals surface area (Å²) in [5, 5.41) is 19.5. The maximum absolute atomic E-state index is 12.7. The van der Waals surface area contributed by atoms with E-state index in [2.05, 4.69) is 71.4 Å². The van der Waals surface area contributed by atoms with Gasteiger partial charge in [0.1, 0.15) is 13.2 Å². The van der Waals surface area contributed by atoms with Crippen LogP contribution in [0.1, 0.15) is 258 Å². The molecule has 0 radical (unpaired) electrons. The molecule has 76 heavy (non-hydrogen) atoms. The summed E-state index contributed by atoms with van der Waals surface area (Å²) < 4.78 is 11.3. The first-order valence-corrected chi connectivity index (χ1v) is 30.2. The summed E-state index contributed by atoms with van der Waals surface area (Å²) in [5.41, 5.74) is 1.95. The average Bonchev–Trinajstić information content (AvgIpc) is 3.43. The monoisotopic (exact) mass is 1040 g/mol. The van der Waals surface area contributed by atoms with Crippen molar-refractivity contribution in [2.45, 2.75) is 258 Å². The number of ether oxygens (including phenoxy) is 2. The molecule has 0 aliphatic heterocycles. The molecule has 0 heterocycles. The van der Waals surface area contributed by atoms with E-state index < -0.39 is 4.92 Å². The molecule has 0 bridgehead atoms. The first-order valence-electron chi connectivity index (χ1n) is 30.2. The van der Waals surface area contributed by atoms with Crippen LogP contribution in [0.5, 0.6) is 0 Å². The van der Waals surface area contributed by atoms with Gasteiger partial charge in [0.05, 0.1) is 29.4 Å². The highest BCUT2D eigenvalue weighted by atomic mass is 16.6. The molecule has 0 atom stereocenters. The highest BCUT2D eigenvalue weighted by Crippen LogP contribution is 2.24. The van der Waals surface area contributed by atoms with Crippen molar-refractivity contribution in [1.29, 1.82) is 0 Å². The molecular formula is C66H98N4O6. The van der Waals surface area contributed by atoms with Crippen LogP contribution in [0.3, 0.4) is 0 Å². The summed E-state index contributed by atoms with van der Waals surface area (Å²) in [6, 6.07) is 13.3. The lowest BCUT2D eigenvalue weighted by molar-refractivity contribution is -0.384. The minimum absolute atomic E-state index is 0.0104. The Bertz CT molecular complexity index is 1980. The van der Waals surface area contributed by atoms with E-state index in [-0.39, 0.29) is 30.8 Å². The molecule has 0 spiro atoms. The van der Waals surface area contributed by atoms with Gasteiger partial charge in [0.25, 0.3) is 5.69 Å². The SMILES string of the molecule is CCCCCCCCCCCCC#CC#CCCCCCCCCC(=O)OCCN(CCOC(=O)CCCCCCCCC#CC#CCCCCCCCCCCCC)c1ccc(N=Nc2ccc([N+](=O)[O-])cc2)cc1. The summed E-state index contributed by atoms with van der Waals surface area (Å²) in [4.78, 5) is 37.9. The van der Waals surface area contributed by atoms with Crippen molar-refractivity contribution >= 4 is 34.7 Å². The number of nitro benzene ring substituents is 1. The molecule has 0 fully saturated rings. The van der Waals surface area contributed by atoms with Crippen LogP contribution in [-0.2, 0) is 19.1 Å². The quantitative estimate of drug-likeness (QED) is 0.0161. The van der Waals surface area contributed by atoms with E-state index in [0.29, 0.717) is 37.3 Å². The molecule has 2 aromatic rings. The lowest BCUT2D eigenvalue weighted by Gasteiger charge is -2.24. The number of rotatable bonds is 46. The molecule has 0 aliphatic carbocycles. The predicted molar refractivity (Wildman–Crippen MR) is 316 cm³/mol. The third kappa shape index (κ3) is 40.7. The predicted octanol–water partition coefficient (Wildman–Crippen LogP) is 18.8. The van der Waals surface area contributed by atoms with E-state index in [1.165, 1.54) is 141 Å². The molecule has 418 valence electrons. The molecule has 10 heteroatoms. The number of hydrogen-bond donors (Lipinski definition) is 0. The number of nitro groups is 1. The van der Waals surface area contributed by atoms with E-state index in [4.69, 9.17) is 9.47 Å². The summed E-state index contributed by atoms with van der Waals surface area (Å²) in [5.74, 6) is 24.5. The Kier molecular flexibility index (Phi) is 44.0. The molecule has 0 aromatic heterocycles. The Hall–Kier alpha value is -5.58. The van der Waals surface area contributed by atoms with Crippen LogP contribution < -0.4 is 4.90 Å². The first kappa shape index (κ1) is 66.5. The normalized spacial score (nSPS) is 10.6. The standard InChI is InChI=1S/C66H98N4O6/c1-3-5-7-9-11-13-15-17-19-21-23-25-27-29-31-33-35-37-39-41-43-45-47-65(71)75-59-57-69(63-53-49-61(50-54-63)67-68-62-51-55-64(56-52-62)70(73)74)58-60-76-66(72)48-46-44-42-40-38-36-34-32-30-28-26-24-22-20-18-16-14-12-10-8-6-4-2/h49-56H,3-24,33-48,57-60H2,1-2H3. The van der Waals surface area contributed by atoms with Crippen LogP contribution in [0.2, 0.25) is 0 Å². The van der Waals surface area contributed by atoms with Crippen LogP contribution in [0.15, 0.2) is 58.8 Å². The minimum Gasteiger partial charge on any atom is -0.464 e. The van der Waals surface area contributed by atoms with E-state index >= 15 is 0 Å². The second-order valence-electron chi connectivity index (χ2n) is 20.2. The Labute approximate surface area is 462 Å². The second kappa shape index (κ2) is 50.2. The molecule has 0 N–H and O–H groups in total. The van der Waals surface area contributed by atoms with E-state index in [1.807, 2.05) is 29.2 Å². The van der Waals surface area contributed by atoms with Gasteiger partial charge in [-0.2, -0.15) is 10.2 Å². The molecule has 2 aromatic carbocycles. The molecule has 0 unspecified atom stereocenters. The third-order valence-electron chi connectivity index (χ3n) is 13.5. The van der Waals surface area contributed by atoms with Gasteiger partial charge in [-0.15, -0.1) is 0 Å². The Morgan fingerprint density at radius 1 is 0.434 bits per heavy atom. The number of azo groups is 1. The van der Waals surface area contributed by atoms with Crippen LogP contribution in [-0.4, -0.2) is 43.2 Å². The fourth-order valence-electron chi connectivity index (χ4n) is 8.75. The van der Waals surface area contributed by atoms with E-state index in [0.717, 1.165) is 108 Å². The van der Waals surface area contributed by atoms with Crippen molar-refractivity contribution in [3.63, 3.8) is 0 Å². The zero-order valence-corrected chi connectivity index (χ0v) is 47.6. The molecule has 0 saturated carbocycles. The largest absolute Gasteiger partial charge is 0.464 e. The zero-order chi connectivity index (χ0) is 54.5. The molecule has 0 amide bonds. The van der Waals surface area contributed by atoms with Crippen LogP contribution in [0.4, 0.5) is 22.7 Å². The summed E-state index contributed by atoms with van der Waals surface area (Å²) in [6.45, 7) is 5.81. The number of benzene rings is 2. The number of non-ortho nitro benzene ring substituents is 1. The minimum atomic E-state index is -0.454. The summed E-state index contributed by atoms with van der Waals surface area (Å²) in [6.07, 6.45) is 43.7. The molecular weight excluding hydrogens is 945 g/mol. The number of unbranched alkanes of at least 4 members (excludes halogenated alkanes) is 32.